The van der Waals surface area contributed by atoms with Crippen LogP contribution in [0.1, 0.15) is 33.3 Å². The molecule has 0 aliphatic rings. The number of hydrogen-bond acceptors (Lipinski definition) is 1. The van der Waals surface area contributed by atoms with Crippen LogP contribution in [-0.4, -0.2) is 4.98 Å². The molecule has 0 aliphatic carbocycles. The van der Waals surface area contributed by atoms with Gasteiger partial charge in [0.05, 0.1) is 0 Å². The Kier molecular flexibility index (Phi) is 12.2. The zero-order valence-corrected chi connectivity index (χ0v) is 9.31. The predicted molar refractivity (Wildman–Crippen MR) is 56.7 cm³/mol. The molecule has 0 atom stereocenters. The first-order chi connectivity index (χ1) is 5.79. The van der Waals surface area contributed by atoms with E-state index in [2.05, 4.69) is 4.98 Å². The van der Waals surface area contributed by atoms with Crippen molar-refractivity contribution >= 4 is 11.6 Å². The molecule has 0 unspecified atom stereocenters. The van der Waals surface area contributed by atoms with Crippen LogP contribution in [0.5, 0.6) is 0 Å². The van der Waals surface area contributed by atoms with Gasteiger partial charge in [-0.25, -0.2) is 4.98 Å². The van der Waals surface area contributed by atoms with Crippen molar-refractivity contribution < 1.29 is 0 Å². The second-order valence-electron chi connectivity index (χ2n) is 1.66. The van der Waals surface area contributed by atoms with Gasteiger partial charge in [0, 0.05) is 6.20 Å². The Hall–Kier alpha value is -0.560. The number of hydrogen-bond donors (Lipinski definition) is 0. The molecule has 0 spiro atoms. The summed E-state index contributed by atoms with van der Waals surface area (Å²) in [4.78, 5) is 3.81. The molecule has 12 heavy (non-hydrogen) atoms. The average Bonchev–Trinajstić information content (AvgIpc) is 2.11. The van der Waals surface area contributed by atoms with Crippen LogP contribution in [0.3, 0.4) is 0 Å². The summed E-state index contributed by atoms with van der Waals surface area (Å²) < 4.78 is 0. The van der Waals surface area contributed by atoms with Crippen molar-refractivity contribution in [3.63, 3.8) is 0 Å². The third kappa shape index (κ3) is 7.55. The summed E-state index contributed by atoms with van der Waals surface area (Å²) in [6.45, 7) is 9.98. The van der Waals surface area contributed by atoms with Crippen molar-refractivity contribution in [1.29, 1.82) is 0 Å². The van der Waals surface area contributed by atoms with Gasteiger partial charge in [0.2, 0.25) is 0 Å². The fraction of sp³-hybridized carbons (Fsp3) is 0.500. The maximum absolute atomic E-state index is 5.53. The van der Waals surface area contributed by atoms with Crippen molar-refractivity contribution in [2.75, 3.05) is 0 Å². The Morgan fingerprint density at radius 2 is 1.67 bits per heavy atom. The van der Waals surface area contributed by atoms with Gasteiger partial charge in [0.25, 0.3) is 0 Å². The normalized spacial score (nSPS) is 7.17. The number of halogens is 1. The second-order valence-corrected chi connectivity index (χ2v) is 2.04. The molecule has 0 fully saturated rings. The molecule has 0 amide bonds. The largest absolute Gasteiger partial charge is 0.245 e. The molecule has 0 radical (unpaired) electrons. The van der Waals surface area contributed by atoms with E-state index in [1.54, 1.807) is 6.20 Å². The number of aryl methyl sites for hydroxylation is 1. The van der Waals surface area contributed by atoms with E-state index in [1.165, 1.54) is 0 Å². The first-order valence-corrected chi connectivity index (χ1v) is 4.75. The molecule has 1 heterocycles. The van der Waals surface area contributed by atoms with Crippen LogP contribution in [0.15, 0.2) is 18.3 Å². The number of aromatic nitrogens is 1. The Bertz CT molecular complexity index is 170. The van der Waals surface area contributed by atoms with E-state index < -0.39 is 0 Å². The SMILES string of the molecule is CC.CC.Cc1ccnc(Cl)c1. The maximum Gasteiger partial charge on any atom is 0.129 e. The van der Waals surface area contributed by atoms with Gasteiger partial charge in [-0.15, -0.1) is 0 Å². The topological polar surface area (TPSA) is 12.9 Å². The van der Waals surface area contributed by atoms with E-state index in [0.717, 1.165) is 5.56 Å². The lowest BCUT2D eigenvalue weighted by molar-refractivity contribution is 1.29. The van der Waals surface area contributed by atoms with Gasteiger partial charge in [-0.2, -0.15) is 0 Å². The van der Waals surface area contributed by atoms with Crippen LogP contribution in [0.2, 0.25) is 5.15 Å². The summed E-state index contributed by atoms with van der Waals surface area (Å²) in [7, 11) is 0. The van der Waals surface area contributed by atoms with E-state index in [4.69, 9.17) is 11.6 Å². The van der Waals surface area contributed by atoms with E-state index >= 15 is 0 Å². The molecule has 1 nitrogen and oxygen atoms in total. The zero-order chi connectivity index (χ0) is 9.98. The van der Waals surface area contributed by atoms with Gasteiger partial charge in [-0.3, -0.25) is 0 Å². The van der Waals surface area contributed by atoms with Crippen LogP contribution < -0.4 is 0 Å². The third-order valence-electron chi connectivity index (χ3n) is 0.882. The number of nitrogens with zero attached hydrogens (tertiary/aromatic N) is 1. The molecule has 0 saturated heterocycles. The lowest BCUT2D eigenvalue weighted by Gasteiger charge is -1.88. The smallest absolute Gasteiger partial charge is 0.129 e. The molecular formula is C10H18ClN. The molecule has 0 N–H and O–H groups in total. The van der Waals surface area contributed by atoms with Crippen LogP contribution in [0.4, 0.5) is 0 Å². The molecule has 1 aromatic heterocycles. The maximum atomic E-state index is 5.53. The minimum Gasteiger partial charge on any atom is -0.245 e. The van der Waals surface area contributed by atoms with Crippen LogP contribution >= 0.6 is 11.6 Å². The average molecular weight is 188 g/mol. The molecule has 0 aliphatic heterocycles. The van der Waals surface area contributed by atoms with E-state index in [9.17, 15) is 0 Å². The highest BCUT2D eigenvalue weighted by molar-refractivity contribution is 6.29. The highest BCUT2D eigenvalue weighted by Gasteiger charge is 1.84. The van der Waals surface area contributed by atoms with Gasteiger partial charge in [-0.1, -0.05) is 39.3 Å². The molecule has 0 bridgehead atoms. The lowest BCUT2D eigenvalue weighted by Crippen LogP contribution is -1.73. The summed E-state index contributed by atoms with van der Waals surface area (Å²) in [6.07, 6.45) is 1.69. The standard InChI is InChI=1S/C6H6ClN.2C2H6/c1-5-2-3-8-6(7)4-5;2*1-2/h2-4H,1H3;2*1-2H3. The minimum atomic E-state index is 0.560. The summed E-state index contributed by atoms with van der Waals surface area (Å²) in [5.41, 5.74) is 1.14. The van der Waals surface area contributed by atoms with Gasteiger partial charge in [0.15, 0.2) is 0 Å². The third-order valence-corrected chi connectivity index (χ3v) is 1.09. The van der Waals surface area contributed by atoms with Gasteiger partial charge < -0.3 is 0 Å². The van der Waals surface area contributed by atoms with Gasteiger partial charge in [-0.05, 0) is 24.6 Å². The molecule has 2 heteroatoms. The fourth-order valence-electron chi connectivity index (χ4n) is 0.499. The molecule has 0 saturated carbocycles. The minimum absolute atomic E-state index is 0.560. The van der Waals surface area contributed by atoms with Crippen molar-refractivity contribution in [2.45, 2.75) is 34.6 Å². The van der Waals surface area contributed by atoms with Gasteiger partial charge >= 0.3 is 0 Å². The zero-order valence-electron chi connectivity index (χ0n) is 8.56. The number of pyridine rings is 1. The second kappa shape index (κ2) is 10.4. The molecule has 1 aromatic rings. The Balaban J connectivity index is 0. The fourth-order valence-corrected chi connectivity index (χ4v) is 0.728. The highest BCUT2D eigenvalue weighted by Crippen LogP contribution is 2.04. The van der Waals surface area contributed by atoms with Crippen molar-refractivity contribution in [2.24, 2.45) is 0 Å². The Morgan fingerprint density at radius 1 is 1.17 bits per heavy atom. The lowest BCUT2D eigenvalue weighted by atomic mass is 10.3. The van der Waals surface area contributed by atoms with E-state index in [1.807, 2.05) is 46.8 Å². The van der Waals surface area contributed by atoms with Crippen LogP contribution in [-0.2, 0) is 0 Å². The Morgan fingerprint density at radius 3 is 1.92 bits per heavy atom. The molecule has 0 aromatic carbocycles. The molecule has 1 rings (SSSR count). The summed E-state index contributed by atoms with van der Waals surface area (Å²) in [6, 6.07) is 3.73. The van der Waals surface area contributed by atoms with Crippen molar-refractivity contribution in [1.82, 2.24) is 4.98 Å². The quantitative estimate of drug-likeness (QED) is 0.558. The summed E-state index contributed by atoms with van der Waals surface area (Å²) >= 11 is 5.53. The van der Waals surface area contributed by atoms with Crippen LogP contribution in [0.25, 0.3) is 0 Å². The van der Waals surface area contributed by atoms with E-state index in [-0.39, 0.29) is 0 Å². The first kappa shape index (κ1) is 14.0. The van der Waals surface area contributed by atoms with E-state index in [0.29, 0.717) is 5.15 Å². The summed E-state index contributed by atoms with van der Waals surface area (Å²) in [5, 5.41) is 0.560. The Labute approximate surface area is 80.8 Å². The van der Waals surface area contributed by atoms with Crippen molar-refractivity contribution in [3.05, 3.63) is 29.0 Å². The molecular weight excluding hydrogens is 170 g/mol. The monoisotopic (exact) mass is 187 g/mol. The highest BCUT2D eigenvalue weighted by atomic mass is 35.5. The summed E-state index contributed by atoms with van der Waals surface area (Å²) in [5.74, 6) is 0. The van der Waals surface area contributed by atoms with Crippen molar-refractivity contribution in [3.8, 4) is 0 Å². The van der Waals surface area contributed by atoms with Gasteiger partial charge in [0.1, 0.15) is 5.15 Å². The predicted octanol–water partition coefficient (Wildman–Crippen LogP) is 4.10. The first-order valence-electron chi connectivity index (χ1n) is 4.37. The molecule has 70 valence electrons. The van der Waals surface area contributed by atoms with Crippen LogP contribution in [0, 0.1) is 6.92 Å². The number of rotatable bonds is 0.